The van der Waals surface area contributed by atoms with Crippen LogP contribution in [0.4, 0.5) is 0 Å². The molecule has 2 heterocycles. The van der Waals surface area contributed by atoms with Crippen LogP contribution in [0.2, 0.25) is 0 Å². The lowest BCUT2D eigenvalue weighted by atomic mass is 9.98. The number of nitrogens with zero attached hydrogens (tertiary/aromatic N) is 2. The van der Waals surface area contributed by atoms with Gasteiger partial charge in [-0.15, -0.1) is 0 Å². The third-order valence-corrected chi connectivity index (χ3v) is 5.32. The van der Waals surface area contributed by atoms with E-state index in [1.54, 1.807) is 6.20 Å². The number of benzene rings is 1. The Morgan fingerprint density at radius 2 is 2.20 bits per heavy atom. The fourth-order valence-electron chi connectivity index (χ4n) is 2.76. The highest BCUT2D eigenvalue weighted by molar-refractivity contribution is 9.09. The molecule has 1 amide bonds. The lowest BCUT2D eigenvalue weighted by molar-refractivity contribution is 0.0692. The van der Waals surface area contributed by atoms with Crippen molar-refractivity contribution >= 4 is 32.7 Å². The second-order valence-electron chi connectivity index (χ2n) is 5.41. The van der Waals surface area contributed by atoms with Gasteiger partial charge in [0, 0.05) is 35.1 Å². The zero-order valence-corrected chi connectivity index (χ0v) is 13.0. The maximum absolute atomic E-state index is 12.7. The monoisotopic (exact) mass is 332 g/mol. The van der Waals surface area contributed by atoms with E-state index in [1.807, 2.05) is 35.2 Å². The molecule has 2 unspecified atom stereocenters. The molecule has 0 spiro atoms. The normalized spacial score (nSPS) is 23.0. The summed E-state index contributed by atoms with van der Waals surface area (Å²) in [5.41, 5.74) is 1.64. The highest BCUT2D eigenvalue weighted by Crippen LogP contribution is 2.26. The van der Waals surface area contributed by atoms with Crippen LogP contribution in [0.3, 0.4) is 0 Å². The topological polar surface area (TPSA) is 33.2 Å². The van der Waals surface area contributed by atoms with Gasteiger partial charge >= 0.3 is 0 Å². The van der Waals surface area contributed by atoms with Gasteiger partial charge in [0.25, 0.3) is 5.91 Å². The van der Waals surface area contributed by atoms with Gasteiger partial charge in [-0.2, -0.15) is 0 Å². The average molecular weight is 333 g/mol. The van der Waals surface area contributed by atoms with Crippen LogP contribution in [0.1, 0.15) is 23.7 Å². The van der Waals surface area contributed by atoms with Crippen LogP contribution in [0.25, 0.3) is 10.9 Å². The van der Waals surface area contributed by atoms with Crippen molar-refractivity contribution in [3.05, 3.63) is 42.1 Å². The van der Waals surface area contributed by atoms with E-state index >= 15 is 0 Å². The highest BCUT2D eigenvalue weighted by Gasteiger charge is 2.28. The van der Waals surface area contributed by atoms with Gasteiger partial charge in [-0.05, 0) is 30.5 Å². The van der Waals surface area contributed by atoms with Gasteiger partial charge in [-0.25, -0.2) is 0 Å². The van der Waals surface area contributed by atoms with Crippen LogP contribution in [-0.2, 0) is 0 Å². The molecular formula is C16H17BrN2O. The van der Waals surface area contributed by atoms with E-state index in [4.69, 9.17) is 0 Å². The summed E-state index contributed by atoms with van der Waals surface area (Å²) in [4.78, 5) is 19.5. The summed E-state index contributed by atoms with van der Waals surface area (Å²) in [6.07, 6.45) is 2.77. The number of hydrogen-bond acceptors (Lipinski definition) is 2. The van der Waals surface area contributed by atoms with Gasteiger partial charge in [0.15, 0.2) is 0 Å². The van der Waals surface area contributed by atoms with Crippen molar-refractivity contribution < 1.29 is 4.79 Å². The van der Waals surface area contributed by atoms with Gasteiger partial charge in [0.05, 0.1) is 5.52 Å². The maximum Gasteiger partial charge on any atom is 0.254 e. The quantitative estimate of drug-likeness (QED) is 0.749. The van der Waals surface area contributed by atoms with Gasteiger partial charge in [0.1, 0.15) is 0 Å². The number of piperidine rings is 1. The number of rotatable bonds is 1. The Morgan fingerprint density at radius 3 is 3.00 bits per heavy atom. The molecule has 0 radical (unpaired) electrons. The molecule has 0 aliphatic carbocycles. The van der Waals surface area contributed by atoms with Crippen molar-refractivity contribution in [1.29, 1.82) is 0 Å². The molecule has 1 aromatic carbocycles. The summed E-state index contributed by atoms with van der Waals surface area (Å²) in [7, 11) is 0. The number of fused-ring (bicyclic) bond motifs is 1. The number of pyridine rings is 1. The maximum atomic E-state index is 12.7. The minimum Gasteiger partial charge on any atom is -0.338 e. The Labute approximate surface area is 127 Å². The van der Waals surface area contributed by atoms with Crippen molar-refractivity contribution in [1.82, 2.24) is 9.88 Å². The van der Waals surface area contributed by atoms with Crippen LogP contribution in [0.5, 0.6) is 0 Å². The predicted molar refractivity (Wildman–Crippen MR) is 84.1 cm³/mol. The molecule has 3 rings (SSSR count). The second-order valence-corrected chi connectivity index (χ2v) is 6.58. The van der Waals surface area contributed by atoms with Gasteiger partial charge in [-0.3, -0.25) is 9.78 Å². The summed E-state index contributed by atoms with van der Waals surface area (Å²) >= 11 is 3.68. The van der Waals surface area contributed by atoms with Crippen molar-refractivity contribution in [3.8, 4) is 0 Å². The Hall–Kier alpha value is -1.42. The van der Waals surface area contributed by atoms with E-state index in [2.05, 4.69) is 27.8 Å². The first-order valence-corrected chi connectivity index (χ1v) is 7.85. The number of likely N-dealkylation sites (tertiary alicyclic amines) is 1. The number of halogens is 1. The van der Waals surface area contributed by atoms with Crippen LogP contribution >= 0.6 is 15.9 Å². The largest absolute Gasteiger partial charge is 0.338 e. The summed E-state index contributed by atoms with van der Waals surface area (Å²) in [6.45, 7) is 3.81. The third-order valence-electron chi connectivity index (χ3n) is 3.96. The first-order valence-electron chi connectivity index (χ1n) is 6.94. The zero-order valence-electron chi connectivity index (χ0n) is 11.4. The summed E-state index contributed by atoms with van der Waals surface area (Å²) in [6, 6.07) is 9.60. The zero-order chi connectivity index (χ0) is 14.1. The van der Waals surface area contributed by atoms with Crippen LogP contribution in [-0.4, -0.2) is 33.7 Å². The number of aromatic nitrogens is 1. The number of alkyl halides is 1. The van der Waals surface area contributed by atoms with Gasteiger partial charge < -0.3 is 4.90 Å². The lowest BCUT2D eigenvalue weighted by Crippen LogP contribution is -2.43. The minimum atomic E-state index is 0.120. The van der Waals surface area contributed by atoms with E-state index in [0.717, 1.165) is 36.0 Å². The molecule has 1 aliphatic rings. The Bertz CT molecular complexity index is 638. The van der Waals surface area contributed by atoms with Crippen molar-refractivity contribution in [3.63, 3.8) is 0 Å². The number of carbonyl (C=O) groups is 1. The van der Waals surface area contributed by atoms with Crippen molar-refractivity contribution in [2.45, 2.75) is 18.2 Å². The first kappa shape index (κ1) is 13.6. The van der Waals surface area contributed by atoms with E-state index in [0.29, 0.717) is 10.7 Å². The number of hydrogen-bond donors (Lipinski definition) is 0. The Morgan fingerprint density at radius 1 is 1.35 bits per heavy atom. The second kappa shape index (κ2) is 5.52. The fraction of sp³-hybridized carbons (Fsp3) is 0.375. The molecule has 3 nitrogen and oxygen atoms in total. The predicted octanol–water partition coefficient (Wildman–Crippen LogP) is 3.48. The molecule has 1 fully saturated rings. The molecule has 0 bridgehead atoms. The molecule has 1 saturated heterocycles. The van der Waals surface area contributed by atoms with Crippen molar-refractivity contribution in [2.75, 3.05) is 13.1 Å². The first-order chi connectivity index (χ1) is 9.66. The van der Waals surface area contributed by atoms with E-state index in [-0.39, 0.29) is 5.91 Å². The molecule has 0 saturated carbocycles. The van der Waals surface area contributed by atoms with E-state index < -0.39 is 0 Å². The smallest absolute Gasteiger partial charge is 0.254 e. The van der Waals surface area contributed by atoms with Crippen LogP contribution < -0.4 is 0 Å². The molecule has 1 aliphatic heterocycles. The molecule has 1 aromatic heterocycles. The average Bonchev–Trinajstić information content (AvgIpc) is 2.49. The molecule has 0 N–H and O–H groups in total. The molecule has 2 aromatic rings. The number of carbonyl (C=O) groups excluding carboxylic acids is 1. The molecule has 2 atom stereocenters. The van der Waals surface area contributed by atoms with Gasteiger partial charge in [0.2, 0.25) is 0 Å². The summed E-state index contributed by atoms with van der Waals surface area (Å²) in [5, 5.41) is 0.939. The lowest BCUT2D eigenvalue weighted by Gasteiger charge is -2.34. The molecule has 4 heteroatoms. The standard InChI is InChI=1S/C16H17BrN2O/c1-11-10-19(9-7-14(11)17)16(20)13-4-2-6-15-12(13)5-3-8-18-15/h2-6,8,11,14H,7,9-10H2,1H3. The SMILES string of the molecule is CC1CN(C(=O)c2cccc3ncccc23)CCC1Br. The minimum absolute atomic E-state index is 0.120. The fourth-order valence-corrected chi connectivity index (χ4v) is 3.13. The van der Waals surface area contributed by atoms with Crippen LogP contribution in [0, 0.1) is 5.92 Å². The van der Waals surface area contributed by atoms with Crippen LogP contribution in [0.15, 0.2) is 36.5 Å². The van der Waals surface area contributed by atoms with E-state index in [9.17, 15) is 4.79 Å². The number of amides is 1. The third kappa shape index (κ3) is 2.44. The Kier molecular flexibility index (Phi) is 3.74. The van der Waals surface area contributed by atoms with Crippen molar-refractivity contribution in [2.24, 2.45) is 5.92 Å². The van der Waals surface area contributed by atoms with Gasteiger partial charge in [-0.1, -0.05) is 35.0 Å². The summed E-state index contributed by atoms with van der Waals surface area (Å²) in [5.74, 6) is 0.607. The molecule has 20 heavy (non-hydrogen) atoms. The molecule has 104 valence electrons. The van der Waals surface area contributed by atoms with E-state index in [1.165, 1.54) is 0 Å². The highest BCUT2D eigenvalue weighted by atomic mass is 79.9. The Balaban J connectivity index is 1.93. The molecular weight excluding hydrogens is 316 g/mol. The summed E-state index contributed by atoms with van der Waals surface area (Å²) < 4.78 is 0.